The molecule has 1 rings (SSSR count). The zero-order chi connectivity index (χ0) is 13.1. The lowest BCUT2D eigenvalue weighted by Crippen LogP contribution is -2.21. The number of hydrogen-bond donors (Lipinski definition) is 1. The van der Waals surface area contributed by atoms with Crippen LogP contribution in [0.5, 0.6) is 0 Å². The minimum absolute atomic E-state index is 0.0252. The first-order valence-corrected chi connectivity index (χ1v) is 5.17. The first-order chi connectivity index (χ1) is 7.81. The van der Waals surface area contributed by atoms with Crippen LogP contribution in [0.1, 0.15) is 31.7 Å². The Balaban J connectivity index is 2.52. The highest BCUT2D eigenvalue weighted by Crippen LogP contribution is 2.19. The van der Waals surface area contributed by atoms with Crippen molar-refractivity contribution in [1.82, 2.24) is 9.78 Å². The van der Waals surface area contributed by atoms with Crippen molar-refractivity contribution in [3.8, 4) is 0 Å². The van der Waals surface area contributed by atoms with Crippen molar-refractivity contribution in [2.75, 3.05) is 13.2 Å². The summed E-state index contributed by atoms with van der Waals surface area (Å²) in [5.74, 6) is 0. The van der Waals surface area contributed by atoms with E-state index in [-0.39, 0.29) is 6.04 Å². The van der Waals surface area contributed by atoms with Gasteiger partial charge in [-0.3, -0.25) is 4.68 Å². The van der Waals surface area contributed by atoms with Crippen LogP contribution in [0.25, 0.3) is 0 Å². The predicted molar refractivity (Wildman–Crippen MR) is 54.4 cm³/mol. The number of hydrogen-bond acceptors (Lipinski definition) is 3. The Hall–Kier alpha value is -1.08. The molecule has 0 spiro atoms. The van der Waals surface area contributed by atoms with Gasteiger partial charge < -0.3 is 9.84 Å². The summed E-state index contributed by atoms with van der Waals surface area (Å²) >= 11 is 0. The standard InChI is InChI=1S/C10H15F3N2O2/c1-7(2)15-8(3-4-14-15)9(16)5-17-6-10(11,12)13/h3-4,7,9,16H,5-6H2,1-2H3. The average molecular weight is 252 g/mol. The van der Waals surface area contributed by atoms with Gasteiger partial charge >= 0.3 is 6.18 Å². The summed E-state index contributed by atoms with van der Waals surface area (Å²) in [7, 11) is 0. The van der Waals surface area contributed by atoms with Crippen LogP contribution in [-0.2, 0) is 4.74 Å². The molecule has 0 fully saturated rings. The third-order valence-electron chi connectivity index (χ3n) is 2.07. The second-order valence-electron chi connectivity index (χ2n) is 3.94. The van der Waals surface area contributed by atoms with Gasteiger partial charge in [-0.05, 0) is 19.9 Å². The molecule has 1 atom stereocenters. The minimum atomic E-state index is -4.38. The number of nitrogens with zero attached hydrogens (tertiary/aromatic N) is 2. The minimum Gasteiger partial charge on any atom is -0.384 e. The Morgan fingerprint density at radius 3 is 2.65 bits per heavy atom. The van der Waals surface area contributed by atoms with Crippen LogP contribution in [0.3, 0.4) is 0 Å². The van der Waals surface area contributed by atoms with Crippen LogP contribution in [0.2, 0.25) is 0 Å². The van der Waals surface area contributed by atoms with E-state index < -0.39 is 25.5 Å². The number of aliphatic hydroxyl groups excluding tert-OH is 1. The Bertz CT molecular complexity index is 350. The van der Waals surface area contributed by atoms with Crippen molar-refractivity contribution in [1.29, 1.82) is 0 Å². The molecule has 0 aromatic carbocycles. The smallest absolute Gasteiger partial charge is 0.384 e. The van der Waals surface area contributed by atoms with Crippen LogP contribution in [0.4, 0.5) is 13.2 Å². The number of ether oxygens (including phenoxy) is 1. The van der Waals surface area contributed by atoms with E-state index in [1.807, 2.05) is 13.8 Å². The molecule has 0 aliphatic carbocycles. The summed E-state index contributed by atoms with van der Waals surface area (Å²) in [4.78, 5) is 0. The Kier molecular flexibility index (Phi) is 4.53. The number of halogens is 3. The molecule has 0 saturated carbocycles. The van der Waals surface area contributed by atoms with E-state index in [0.29, 0.717) is 5.69 Å². The largest absolute Gasteiger partial charge is 0.411 e. The maximum absolute atomic E-state index is 11.8. The Morgan fingerprint density at radius 1 is 1.47 bits per heavy atom. The fraction of sp³-hybridized carbons (Fsp3) is 0.700. The third kappa shape index (κ3) is 4.35. The summed E-state index contributed by atoms with van der Waals surface area (Å²) < 4.78 is 41.4. The van der Waals surface area contributed by atoms with Gasteiger partial charge in [0, 0.05) is 12.2 Å². The van der Waals surface area contributed by atoms with Gasteiger partial charge in [-0.25, -0.2) is 0 Å². The maximum Gasteiger partial charge on any atom is 0.411 e. The molecule has 17 heavy (non-hydrogen) atoms. The summed E-state index contributed by atoms with van der Waals surface area (Å²) in [5.41, 5.74) is 0.446. The molecule has 7 heteroatoms. The highest BCUT2D eigenvalue weighted by molar-refractivity contribution is 5.05. The normalized spacial score (nSPS) is 14.3. The van der Waals surface area contributed by atoms with Gasteiger partial charge in [-0.15, -0.1) is 0 Å². The van der Waals surface area contributed by atoms with E-state index in [1.165, 1.54) is 6.20 Å². The molecule has 0 aliphatic rings. The van der Waals surface area contributed by atoms with Crippen molar-refractivity contribution in [3.05, 3.63) is 18.0 Å². The zero-order valence-electron chi connectivity index (χ0n) is 9.61. The van der Waals surface area contributed by atoms with Gasteiger partial charge in [0.2, 0.25) is 0 Å². The first kappa shape index (κ1) is 14.0. The number of aromatic nitrogens is 2. The number of aliphatic hydroxyl groups is 1. The lowest BCUT2D eigenvalue weighted by atomic mass is 10.2. The van der Waals surface area contributed by atoms with Crippen molar-refractivity contribution < 1.29 is 23.0 Å². The summed E-state index contributed by atoms with van der Waals surface area (Å²) in [6.45, 7) is 1.96. The molecule has 0 aliphatic heterocycles. The molecule has 0 amide bonds. The van der Waals surface area contributed by atoms with Crippen LogP contribution >= 0.6 is 0 Å². The van der Waals surface area contributed by atoms with Crippen LogP contribution < -0.4 is 0 Å². The van der Waals surface area contributed by atoms with Crippen molar-refractivity contribution >= 4 is 0 Å². The Labute approximate surface area is 97.0 Å². The monoisotopic (exact) mass is 252 g/mol. The lowest BCUT2D eigenvalue weighted by Gasteiger charge is -2.16. The van der Waals surface area contributed by atoms with Gasteiger partial charge in [0.15, 0.2) is 0 Å². The molecule has 0 radical (unpaired) electrons. The third-order valence-corrected chi connectivity index (χ3v) is 2.07. The lowest BCUT2D eigenvalue weighted by molar-refractivity contribution is -0.179. The van der Waals surface area contributed by atoms with Crippen LogP contribution in [-0.4, -0.2) is 34.3 Å². The fourth-order valence-corrected chi connectivity index (χ4v) is 1.39. The Morgan fingerprint density at radius 2 is 2.12 bits per heavy atom. The quantitative estimate of drug-likeness (QED) is 0.872. The van der Waals surface area contributed by atoms with Crippen molar-refractivity contribution in [2.24, 2.45) is 0 Å². The summed E-state index contributed by atoms with van der Waals surface area (Å²) in [6.07, 6.45) is -4.00. The number of rotatable bonds is 5. The first-order valence-electron chi connectivity index (χ1n) is 5.17. The van der Waals surface area contributed by atoms with Crippen molar-refractivity contribution in [3.63, 3.8) is 0 Å². The molecule has 4 nitrogen and oxygen atoms in total. The summed E-state index contributed by atoms with van der Waals surface area (Å²) in [5, 5.41) is 13.7. The van der Waals surface area contributed by atoms with Crippen molar-refractivity contribution in [2.45, 2.75) is 32.2 Å². The van der Waals surface area contributed by atoms with E-state index in [0.717, 1.165) is 0 Å². The van der Waals surface area contributed by atoms with Gasteiger partial charge in [-0.2, -0.15) is 18.3 Å². The van der Waals surface area contributed by atoms with Gasteiger partial charge in [-0.1, -0.05) is 0 Å². The topological polar surface area (TPSA) is 47.3 Å². The van der Waals surface area contributed by atoms with Gasteiger partial charge in [0.25, 0.3) is 0 Å². The molecule has 1 unspecified atom stereocenters. The zero-order valence-corrected chi connectivity index (χ0v) is 9.61. The predicted octanol–water partition coefficient (Wildman–Crippen LogP) is 2.08. The molecule has 1 aromatic rings. The molecule has 0 bridgehead atoms. The molecular formula is C10H15F3N2O2. The van der Waals surface area contributed by atoms with E-state index in [4.69, 9.17) is 0 Å². The highest BCUT2D eigenvalue weighted by Gasteiger charge is 2.28. The molecule has 1 heterocycles. The molecule has 1 N–H and O–H groups in total. The number of alkyl halides is 3. The molecule has 0 saturated heterocycles. The summed E-state index contributed by atoms with van der Waals surface area (Å²) in [6, 6.07) is 1.58. The molecule has 1 aromatic heterocycles. The average Bonchev–Trinajstić information content (AvgIpc) is 2.63. The SMILES string of the molecule is CC(C)n1nccc1C(O)COCC(F)(F)F. The fourth-order valence-electron chi connectivity index (χ4n) is 1.39. The second-order valence-corrected chi connectivity index (χ2v) is 3.94. The van der Waals surface area contributed by atoms with Crippen LogP contribution in [0.15, 0.2) is 12.3 Å². The van der Waals surface area contributed by atoms with E-state index in [1.54, 1.807) is 10.7 Å². The van der Waals surface area contributed by atoms with Crippen LogP contribution in [0, 0.1) is 0 Å². The second kappa shape index (κ2) is 5.50. The highest BCUT2D eigenvalue weighted by atomic mass is 19.4. The van der Waals surface area contributed by atoms with Gasteiger partial charge in [0.05, 0.1) is 12.3 Å². The van der Waals surface area contributed by atoms with E-state index >= 15 is 0 Å². The molecular weight excluding hydrogens is 237 g/mol. The van der Waals surface area contributed by atoms with E-state index in [9.17, 15) is 18.3 Å². The maximum atomic E-state index is 11.8. The van der Waals surface area contributed by atoms with E-state index in [2.05, 4.69) is 9.84 Å². The molecule has 98 valence electrons. The van der Waals surface area contributed by atoms with Gasteiger partial charge in [0.1, 0.15) is 12.7 Å².